The number of H-pyrrole nitrogens is 1. The number of anilines is 1. The topological polar surface area (TPSA) is 57.8 Å². The first kappa shape index (κ1) is 12.3. The molecule has 2 aromatic carbocycles. The van der Waals surface area contributed by atoms with Gasteiger partial charge in [-0.15, -0.1) is 0 Å². The van der Waals surface area contributed by atoms with Crippen LogP contribution in [0.5, 0.6) is 0 Å². The minimum absolute atomic E-state index is 0.129. The van der Waals surface area contributed by atoms with Crippen molar-refractivity contribution in [1.29, 1.82) is 0 Å². The maximum Gasteiger partial charge on any atom is 0.276 e. The van der Waals surface area contributed by atoms with Gasteiger partial charge in [-0.25, -0.2) is 8.78 Å². The predicted molar refractivity (Wildman–Crippen MR) is 70.4 cm³/mol. The summed E-state index contributed by atoms with van der Waals surface area (Å²) >= 11 is 0. The number of rotatable bonds is 2. The molecule has 0 aliphatic heterocycles. The molecule has 0 atom stereocenters. The van der Waals surface area contributed by atoms with Crippen LogP contribution < -0.4 is 5.32 Å². The zero-order valence-electron chi connectivity index (χ0n) is 10.2. The minimum Gasteiger partial charge on any atom is -0.318 e. The van der Waals surface area contributed by atoms with Crippen molar-refractivity contribution in [1.82, 2.24) is 10.2 Å². The Hall–Kier alpha value is -2.76. The predicted octanol–water partition coefficient (Wildman–Crippen LogP) is 3.09. The molecular weight excluding hydrogens is 264 g/mol. The van der Waals surface area contributed by atoms with Gasteiger partial charge in [-0.2, -0.15) is 5.10 Å². The summed E-state index contributed by atoms with van der Waals surface area (Å²) in [5.74, 6) is -2.72. The number of hydrogen-bond acceptors (Lipinski definition) is 2. The molecule has 3 rings (SSSR count). The van der Waals surface area contributed by atoms with Gasteiger partial charge in [-0.05, 0) is 18.2 Å². The van der Waals surface area contributed by atoms with Crippen molar-refractivity contribution in [2.75, 3.05) is 5.32 Å². The number of aromatic nitrogens is 2. The molecule has 0 radical (unpaired) electrons. The van der Waals surface area contributed by atoms with E-state index in [1.165, 1.54) is 12.1 Å². The average Bonchev–Trinajstić information content (AvgIpc) is 2.88. The average molecular weight is 273 g/mol. The number of halogens is 2. The molecule has 100 valence electrons. The zero-order valence-corrected chi connectivity index (χ0v) is 10.2. The number of nitrogens with zero attached hydrogens (tertiary/aromatic N) is 1. The molecule has 0 spiro atoms. The maximum absolute atomic E-state index is 13.5. The van der Waals surface area contributed by atoms with Crippen molar-refractivity contribution < 1.29 is 13.6 Å². The van der Waals surface area contributed by atoms with E-state index in [9.17, 15) is 13.6 Å². The lowest BCUT2D eigenvalue weighted by molar-refractivity contribution is 0.102. The fourth-order valence-corrected chi connectivity index (χ4v) is 1.92. The lowest BCUT2D eigenvalue weighted by Gasteiger charge is -2.05. The van der Waals surface area contributed by atoms with Crippen LogP contribution in [0.4, 0.5) is 14.5 Å². The summed E-state index contributed by atoms with van der Waals surface area (Å²) in [6.45, 7) is 0. The number of aromatic amines is 1. The molecule has 1 amide bonds. The number of fused-ring (bicyclic) bond motifs is 1. The Kier molecular flexibility index (Phi) is 2.90. The first-order valence-electron chi connectivity index (χ1n) is 5.85. The number of amides is 1. The van der Waals surface area contributed by atoms with Gasteiger partial charge >= 0.3 is 0 Å². The van der Waals surface area contributed by atoms with Gasteiger partial charge in [-0.1, -0.05) is 24.3 Å². The van der Waals surface area contributed by atoms with E-state index in [1.54, 1.807) is 24.3 Å². The summed E-state index contributed by atoms with van der Waals surface area (Å²) < 4.78 is 26.6. The normalized spacial score (nSPS) is 10.7. The SMILES string of the molecule is O=C(Nc1cccc(F)c1F)c1n[nH]c2ccccc12. The van der Waals surface area contributed by atoms with Crippen molar-refractivity contribution in [3.05, 3.63) is 59.8 Å². The van der Waals surface area contributed by atoms with Gasteiger partial charge in [0.2, 0.25) is 0 Å². The molecule has 0 aliphatic rings. The third kappa shape index (κ3) is 2.01. The first-order chi connectivity index (χ1) is 9.66. The molecule has 0 unspecified atom stereocenters. The number of carbonyl (C=O) groups is 1. The van der Waals surface area contributed by atoms with Gasteiger partial charge in [0.05, 0.1) is 11.2 Å². The molecule has 0 bridgehead atoms. The molecule has 4 nitrogen and oxygen atoms in total. The molecule has 1 heterocycles. The van der Waals surface area contributed by atoms with Crippen LogP contribution in [0.15, 0.2) is 42.5 Å². The molecule has 1 aromatic heterocycles. The van der Waals surface area contributed by atoms with E-state index in [0.717, 1.165) is 6.07 Å². The Morgan fingerprint density at radius 3 is 2.75 bits per heavy atom. The van der Waals surface area contributed by atoms with Crippen LogP contribution in [0.25, 0.3) is 10.9 Å². The van der Waals surface area contributed by atoms with Crippen LogP contribution in [0.1, 0.15) is 10.5 Å². The largest absolute Gasteiger partial charge is 0.318 e. The molecule has 0 saturated heterocycles. The van der Waals surface area contributed by atoms with E-state index in [0.29, 0.717) is 10.9 Å². The van der Waals surface area contributed by atoms with Gasteiger partial charge in [0.15, 0.2) is 17.3 Å². The van der Waals surface area contributed by atoms with Gasteiger partial charge in [0.1, 0.15) is 0 Å². The second kappa shape index (κ2) is 4.73. The van der Waals surface area contributed by atoms with Crippen molar-refractivity contribution in [2.24, 2.45) is 0 Å². The Morgan fingerprint density at radius 2 is 1.90 bits per heavy atom. The number of hydrogen-bond donors (Lipinski definition) is 2. The van der Waals surface area contributed by atoms with E-state index in [2.05, 4.69) is 15.5 Å². The Morgan fingerprint density at radius 1 is 1.10 bits per heavy atom. The molecule has 6 heteroatoms. The summed E-state index contributed by atoms with van der Waals surface area (Å²) in [7, 11) is 0. The summed E-state index contributed by atoms with van der Waals surface area (Å²) in [5, 5.41) is 9.51. The standard InChI is InChI=1S/C14H9F2N3O/c15-9-5-3-7-11(12(9)16)17-14(20)13-8-4-1-2-6-10(8)18-19-13/h1-7H,(H,17,20)(H,18,19). The van der Waals surface area contributed by atoms with E-state index >= 15 is 0 Å². The van der Waals surface area contributed by atoms with E-state index in [1.807, 2.05) is 0 Å². The minimum atomic E-state index is -1.10. The number of benzene rings is 2. The van der Waals surface area contributed by atoms with Crippen LogP contribution in [-0.4, -0.2) is 16.1 Å². The van der Waals surface area contributed by atoms with Gasteiger partial charge < -0.3 is 5.32 Å². The van der Waals surface area contributed by atoms with Crippen LogP contribution in [0.2, 0.25) is 0 Å². The fraction of sp³-hybridized carbons (Fsp3) is 0. The fourth-order valence-electron chi connectivity index (χ4n) is 1.92. The van der Waals surface area contributed by atoms with Crippen molar-refractivity contribution >= 4 is 22.5 Å². The highest BCUT2D eigenvalue weighted by Crippen LogP contribution is 2.20. The van der Waals surface area contributed by atoms with Gasteiger partial charge in [0.25, 0.3) is 5.91 Å². The van der Waals surface area contributed by atoms with Crippen molar-refractivity contribution in [3.8, 4) is 0 Å². The molecule has 0 saturated carbocycles. The second-order valence-electron chi connectivity index (χ2n) is 4.17. The van der Waals surface area contributed by atoms with E-state index in [-0.39, 0.29) is 11.4 Å². The van der Waals surface area contributed by atoms with E-state index in [4.69, 9.17) is 0 Å². The van der Waals surface area contributed by atoms with Crippen LogP contribution in [0.3, 0.4) is 0 Å². The van der Waals surface area contributed by atoms with Crippen molar-refractivity contribution in [2.45, 2.75) is 0 Å². The first-order valence-corrected chi connectivity index (χ1v) is 5.85. The third-order valence-corrected chi connectivity index (χ3v) is 2.89. The Labute approximate surface area is 112 Å². The maximum atomic E-state index is 13.5. The smallest absolute Gasteiger partial charge is 0.276 e. The molecule has 0 fully saturated rings. The Balaban J connectivity index is 1.95. The highest BCUT2D eigenvalue weighted by molar-refractivity contribution is 6.11. The number of carbonyl (C=O) groups excluding carboxylic acids is 1. The summed E-state index contributed by atoms with van der Waals surface area (Å²) in [6, 6.07) is 10.6. The second-order valence-corrected chi connectivity index (χ2v) is 4.17. The lowest BCUT2D eigenvalue weighted by atomic mass is 10.2. The molecular formula is C14H9F2N3O. The molecule has 2 N–H and O–H groups in total. The van der Waals surface area contributed by atoms with Crippen LogP contribution in [-0.2, 0) is 0 Å². The summed E-state index contributed by atoms with van der Waals surface area (Å²) in [5.41, 5.74) is 0.601. The highest BCUT2D eigenvalue weighted by Gasteiger charge is 2.16. The van der Waals surface area contributed by atoms with Crippen LogP contribution >= 0.6 is 0 Å². The molecule has 20 heavy (non-hydrogen) atoms. The highest BCUT2D eigenvalue weighted by atomic mass is 19.2. The van der Waals surface area contributed by atoms with Gasteiger partial charge in [-0.3, -0.25) is 9.89 Å². The van der Waals surface area contributed by atoms with E-state index < -0.39 is 17.5 Å². The van der Waals surface area contributed by atoms with Gasteiger partial charge in [0, 0.05) is 5.39 Å². The third-order valence-electron chi connectivity index (χ3n) is 2.89. The zero-order chi connectivity index (χ0) is 14.1. The Bertz CT molecular complexity index is 798. The number of nitrogens with one attached hydrogen (secondary N) is 2. The monoisotopic (exact) mass is 273 g/mol. The quantitative estimate of drug-likeness (QED) is 0.753. The van der Waals surface area contributed by atoms with Crippen LogP contribution in [0, 0.1) is 11.6 Å². The summed E-state index contributed by atoms with van der Waals surface area (Å²) in [6.07, 6.45) is 0. The van der Waals surface area contributed by atoms with Crippen molar-refractivity contribution in [3.63, 3.8) is 0 Å². The molecule has 3 aromatic rings. The summed E-state index contributed by atoms with van der Waals surface area (Å²) in [4.78, 5) is 12.1. The number of para-hydroxylation sites is 1. The molecule has 0 aliphatic carbocycles. The lowest BCUT2D eigenvalue weighted by Crippen LogP contribution is -2.14.